The molecule has 3 aliphatic rings. The summed E-state index contributed by atoms with van der Waals surface area (Å²) in [5.74, 6) is -4.16. The van der Waals surface area contributed by atoms with Crippen molar-refractivity contribution in [3.8, 4) is 0 Å². The Kier molecular flexibility index (Phi) is 6.66. The number of rotatable bonds is 10. The highest BCUT2D eigenvalue weighted by Crippen LogP contribution is 2.63. The van der Waals surface area contributed by atoms with Gasteiger partial charge >= 0.3 is 5.97 Å². The van der Waals surface area contributed by atoms with Crippen LogP contribution in [0.25, 0.3) is 11.0 Å². The number of carbonyl (C=O) groups is 3. The first kappa shape index (κ1) is 27.1. The van der Waals surface area contributed by atoms with Gasteiger partial charge in [0.2, 0.25) is 11.8 Å². The van der Waals surface area contributed by atoms with Crippen LogP contribution in [-0.4, -0.2) is 89.2 Å². The van der Waals surface area contributed by atoms with Crippen molar-refractivity contribution in [2.24, 2.45) is 11.8 Å². The van der Waals surface area contributed by atoms with E-state index in [9.17, 15) is 24.6 Å². The summed E-state index contributed by atoms with van der Waals surface area (Å²) in [7, 11) is 0. The zero-order valence-corrected chi connectivity index (χ0v) is 22.8. The Balaban J connectivity index is 1.43. The zero-order chi connectivity index (χ0) is 28.9. The normalized spacial score (nSPS) is 29.1. The lowest BCUT2D eigenvalue weighted by molar-refractivity contribution is -0.159. The highest BCUT2D eigenvalue weighted by Gasteiger charge is 2.78. The van der Waals surface area contributed by atoms with Gasteiger partial charge in [-0.3, -0.25) is 14.4 Å². The summed E-state index contributed by atoms with van der Waals surface area (Å²) in [6.45, 7) is 5.33. The summed E-state index contributed by atoms with van der Waals surface area (Å²) in [6.07, 6.45) is 2.65. The second kappa shape index (κ2) is 10.1. The van der Waals surface area contributed by atoms with Crippen LogP contribution < -0.4 is 0 Å². The number of amides is 2. The third kappa shape index (κ3) is 4.14. The molecule has 6 atom stereocenters. The molecule has 1 spiro atoms. The lowest BCUT2D eigenvalue weighted by Crippen LogP contribution is -2.59. The van der Waals surface area contributed by atoms with Gasteiger partial charge in [0.25, 0.3) is 0 Å². The standard InChI is InChI=1S/C30H33N5O6/c1-3-15-33(18-34-22-12-8-7-11-21(22)31-32-34)27(38)25-30-14-13-29(2,41-30)24(28(39)40)23(30)26(37)35(25)20(17-36)16-19-9-5-4-6-10-19/h3-12,20,23-25,36H,1,13-18H2,2H3,(H,39,40)/t20-,23+,24-,25?,29+,30?/m1/s1. The number of nitrogens with zero attached hydrogens (tertiary/aromatic N) is 5. The maximum atomic E-state index is 14.6. The SMILES string of the molecule is C=CCN(Cn1nnc2ccccc21)C(=O)C1N([C@@H](CO)Cc2ccccc2)C(=O)[C@@H]2[C@H](C(=O)O)[C@]3(C)CCC12O3. The molecular weight excluding hydrogens is 526 g/mol. The number of hydrogen-bond acceptors (Lipinski definition) is 7. The van der Waals surface area contributed by atoms with E-state index in [1.54, 1.807) is 17.7 Å². The minimum atomic E-state index is -1.33. The van der Waals surface area contributed by atoms with Crippen LogP contribution in [0.15, 0.2) is 67.3 Å². The second-order valence-electron chi connectivity index (χ2n) is 11.4. The number of hydrogen-bond donors (Lipinski definition) is 2. The molecule has 11 nitrogen and oxygen atoms in total. The molecule has 2 bridgehead atoms. The summed E-state index contributed by atoms with van der Waals surface area (Å²) in [5.41, 5.74) is -0.119. The van der Waals surface area contributed by atoms with Gasteiger partial charge in [0, 0.05) is 6.54 Å². The smallest absolute Gasteiger partial charge is 0.310 e. The number of para-hydroxylation sites is 1. The molecule has 0 saturated carbocycles. The Morgan fingerprint density at radius 2 is 1.93 bits per heavy atom. The summed E-state index contributed by atoms with van der Waals surface area (Å²) in [5, 5.41) is 29.2. The summed E-state index contributed by atoms with van der Waals surface area (Å²) in [4.78, 5) is 44.4. The van der Waals surface area contributed by atoms with Crippen molar-refractivity contribution in [3.05, 3.63) is 72.8 Å². The van der Waals surface area contributed by atoms with Gasteiger partial charge in [0.1, 0.15) is 23.8 Å². The lowest BCUT2D eigenvalue weighted by atomic mass is 9.66. The Bertz CT molecular complexity index is 1510. The second-order valence-corrected chi connectivity index (χ2v) is 11.4. The number of carbonyl (C=O) groups excluding carboxylic acids is 2. The molecule has 0 aliphatic carbocycles. The van der Waals surface area contributed by atoms with E-state index >= 15 is 0 Å². The number of aliphatic hydroxyl groups is 1. The van der Waals surface area contributed by atoms with Crippen LogP contribution >= 0.6 is 0 Å². The van der Waals surface area contributed by atoms with Crippen LogP contribution in [0.4, 0.5) is 0 Å². The maximum absolute atomic E-state index is 14.6. The van der Waals surface area contributed by atoms with Gasteiger partial charge < -0.3 is 24.7 Å². The summed E-state index contributed by atoms with van der Waals surface area (Å²) in [6, 6.07) is 14.9. The first-order chi connectivity index (χ1) is 19.7. The maximum Gasteiger partial charge on any atom is 0.310 e. The fourth-order valence-electron chi connectivity index (χ4n) is 7.28. The van der Waals surface area contributed by atoms with E-state index in [0.29, 0.717) is 24.8 Å². The van der Waals surface area contributed by atoms with E-state index in [1.807, 2.05) is 54.6 Å². The van der Waals surface area contributed by atoms with Gasteiger partial charge in [-0.2, -0.15) is 0 Å². The number of aromatic nitrogens is 3. The minimum Gasteiger partial charge on any atom is -0.481 e. The van der Waals surface area contributed by atoms with E-state index in [4.69, 9.17) is 4.74 Å². The van der Waals surface area contributed by atoms with Crippen LogP contribution in [0.2, 0.25) is 0 Å². The molecule has 2 amide bonds. The number of fused-ring (bicyclic) bond motifs is 2. The van der Waals surface area contributed by atoms with E-state index in [2.05, 4.69) is 16.9 Å². The summed E-state index contributed by atoms with van der Waals surface area (Å²) < 4.78 is 8.13. The predicted octanol–water partition coefficient (Wildman–Crippen LogP) is 1.86. The fraction of sp³-hybridized carbons (Fsp3) is 0.433. The molecule has 3 aliphatic heterocycles. The minimum absolute atomic E-state index is 0.0345. The molecule has 6 rings (SSSR count). The third-order valence-electron chi connectivity index (χ3n) is 9.02. The van der Waals surface area contributed by atoms with E-state index in [-0.39, 0.29) is 13.2 Å². The van der Waals surface area contributed by atoms with Crippen LogP contribution in [0.1, 0.15) is 25.3 Å². The van der Waals surface area contributed by atoms with Crippen molar-refractivity contribution in [1.29, 1.82) is 0 Å². The molecule has 3 aromatic rings. The molecule has 1 aromatic heterocycles. The first-order valence-electron chi connectivity index (χ1n) is 13.8. The Morgan fingerprint density at radius 3 is 2.63 bits per heavy atom. The van der Waals surface area contributed by atoms with Crippen LogP contribution in [0, 0.1) is 11.8 Å². The average molecular weight is 560 g/mol. The number of carboxylic acid groups (broad SMARTS) is 1. The van der Waals surface area contributed by atoms with Crippen molar-refractivity contribution in [1.82, 2.24) is 24.8 Å². The van der Waals surface area contributed by atoms with Crippen molar-refractivity contribution in [2.45, 2.75) is 56.1 Å². The van der Waals surface area contributed by atoms with Crippen LogP contribution in [-0.2, 0) is 32.2 Å². The zero-order valence-electron chi connectivity index (χ0n) is 22.8. The average Bonchev–Trinajstić information content (AvgIpc) is 3.67. The van der Waals surface area contributed by atoms with E-state index in [1.165, 1.54) is 9.80 Å². The highest BCUT2D eigenvalue weighted by atomic mass is 16.5. The van der Waals surface area contributed by atoms with Gasteiger partial charge in [-0.25, -0.2) is 4.68 Å². The van der Waals surface area contributed by atoms with E-state index in [0.717, 1.165) is 11.1 Å². The molecule has 0 radical (unpaired) electrons. The van der Waals surface area contributed by atoms with E-state index < -0.39 is 59.5 Å². The predicted molar refractivity (Wildman–Crippen MR) is 147 cm³/mol. The fourth-order valence-corrected chi connectivity index (χ4v) is 7.28. The quantitative estimate of drug-likeness (QED) is 0.359. The van der Waals surface area contributed by atoms with Gasteiger partial charge in [-0.1, -0.05) is 53.8 Å². The van der Waals surface area contributed by atoms with Gasteiger partial charge in [0.05, 0.1) is 35.6 Å². The number of aliphatic hydroxyl groups excluding tert-OH is 1. The molecule has 3 saturated heterocycles. The third-order valence-corrected chi connectivity index (χ3v) is 9.02. The molecule has 41 heavy (non-hydrogen) atoms. The Labute approximate surface area is 237 Å². The molecular formula is C30H33N5O6. The Hall–Kier alpha value is -4.09. The molecule has 3 fully saturated rings. The summed E-state index contributed by atoms with van der Waals surface area (Å²) >= 11 is 0. The Morgan fingerprint density at radius 1 is 1.20 bits per heavy atom. The molecule has 11 heteroatoms. The molecule has 214 valence electrons. The molecule has 2 aromatic carbocycles. The van der Waals surface area contributed by atoms with Gasteiger partial charge in [0.15, 0.2) is 0 Å². The van der Waals surface area contributed by atoms with Crippen LogP contribution in [0.3, 0.4) is 0 Å². The lowest BCUT2D eigenvalue weighted by Gasteiger charge is -2.39. The monoisotopic (exact) mass is 559 g/mol. The molecule has 2 N–H and O–H groups in total. The van der Waals surface area contributed by atoms with Gasteiger partial charge in [-0.05, 0) is 43.9 Å². The van der Waals surface area contributed by atoms with Crippen molar-refractivity contribution in [2.75, 3.05) is 13.2 Å². The van der Waals surface area contributed by atoms with Crippen LogP contribution in [0.5, 0.6) is 0 Å². The topological polar surface area (TPSA) is 138 Å². The van der Waals surface area contributed by atoms with Crippen molar-refractivity contribution >= 4 is 28.8 Å². The van der Waals surface area contributed by atoms with Gasteiger partial charge in [-0.15, -0.1) is 11.7 Å². The number of benzene rings is 2. The molecule has 4 heterocycles. The number of likely N-dealkylation sites (tertiary alicyclic amines) is 1. The highest BCUT2D eigenvalue weighted by molar-refractivity contribution is 5.98. The number of ether oxygens (including phenoxy) is 1. The number of carboxylic acids is 1. The largest absolute Gasteiger partial charge is 0.481 e. The van der Waals surface area contributed by atoms with Crippen molar-refractivity contribution < 1.29 is 29.3 Å². The number of aliphatic carboxylic acids is 1. The molecule has 2 unspecified atom stereocenters. The first-order valence-corrected chi connectivity index (χ1v) is 13.8. The van der Waals surface area contributed by atoms with Crippen molar-refractivity contribution in [3.63, 3.8) is 0 Å².